The van der Waals surface area contributed by atoms with E-state index in [4.69, 9.17) is 0 Å². The molecule has 0 bridgehead atoms. The molecule has 1 spiro atoms. The van der Waals surface area contributed by atoms with Crippen LogP contribution in [0.1, 0.15) is 51.9 Å². The van der Waals surface area contributed by atoms with Crippen molar-refractivity contribution in [3.8, 4) is 0 Å². The molecule has 2 heterocycles. The number of anilines is 2. The highest BCUT2D eigenvalue weighted by Crippen LogP contribution is 2.35. The Kier molecular flexibility index (Phi) is 5.00. The van der Waals surface area contributed by atoms with Crippen LogP contribution in [0.4, 0.5) is 16.2 Å². The van der Waals surface area contributed by atoms with Crippen LogP contribution in [0.3, 0.4) is 0 Å². The van der Waals surface area contributed by atoms with Crippen LogP contribution in [-0.4, -0.2) is 47.4 Å². The molecule has 2 saturated heterocycles. The second kappa shape index (κ2) is 7.45. The third kappa shape index (κ3) is 3.34. The van der Waals surface area contributed by atoms with Gasteiger partial charge in [0.05, 0.1) is 0 Å². The molecule has 2 aliphatic heterocycles. The highest BCUT2D eigenvalue weighted by molar-refractivity contribution is 6.11. The molecule has 3 fully saturated rings. The van der Waals surface area contributed by atoms with Gasteiger partial charge in [-0.15, -0.1) is 0 Å². The highest BCUT2D eigenvalue weighted by Gasteiger charge is 2.54. The van der Waals surface area contributed by atoms with Gasteiger partial charge in [0.2, 0.25) is 5.91 Å². The molecule has 0 radical (unpaired) electrons. The lowest BCUT2D eigenvalue weighted by Crippen LogP contribution is -2.48. The van der Waals surface area contributed by atoms with Crippen molar-refractivity contribution >= 4 is 29.2 Å². The number of imide groups is 1. The number of urea groups is 1. The van der Waals surface area contributed by atoms with E-state index in [1.807, 2.05) is 24.3 Å². The smallest absolute Gasteiger partial charge is 0.325 e. The molecule has 1 saturated carbocycles. The molecule has 1 aliphatic carbocycles. The summed E-state index contributed by atoms with van der Waals surface area (Å²) in [5.74, 6) is -0.623. The van der Waals surface area contributed by atoms with Crippen molar-refractivity contribution in [3.05, 3.63) is 24.3 Å². The van der Waals surface area contributed by atoms with Crippen LogP contribution in [0.25, 0.3) is 0 Å². The predicted octanol–water partition coefficient (Wildman–Crippen LogP) is 2.87. The lowest BCUT2D eigenvalue weighted by Gasteiger charge is -2.29. The molecule has 7 heteroatoms. The van der Waals surface area contributed by atoms with Crippen molar-refractivity contribution in [2.75, 3.05) is 23.3 Å². The molecule has 7 nitrogen and oxygen atoms in total. The summed E-state index contributed by atoms with van der Waals surface area (Å²) in [4.78, 5) is 41.3. The van der Waals surface area contributed by atoms with Crippen LogP contribution in [0.5, 0.6) is 0 Å². The Morgan fingerprint density at radius 2 is 1.68 bits per heavy atom. The van der Waals surface area contributed by atoms with Crippen LogP contribution in [0.2, 0.25) is 0 Å². The topological polar surface area (TPSA) is 81.8 Å². The van der Waals surface area contributed by atoms with Crippen LogP contribution in [-0.2, 0) is 9.59 Å². The fourth-order valence-corrected chi connectivity index (χ4v) is 4.58. The number of hydrogen-bond donors (Lipinski definition) is 2. The summed E-state index contributed by atoms with van der Waals surface area (Å²) in [5, 5.41) is 5.66. The first-order valence-electron chi connectivity index (χ1n) is 10.3. The van der Waals surface area contributed by atoms with Crippen molar-refractivity contribution in [1.29, 1.82) is 0 Å². The summed E-state index contributed by atoms with van der Waals surface area (Å²) >= 11 is 0. The third-order valence-electron chi connectivity index (χ3n) is 6.27. The summed E-state index contributed by atoms with van der Waals surface area (Å²) in [6, 6.07) is 6.45. The van der Waals surface area contributed by atoms with Gasteiger partial charge >= 0.3 is 6.03 Å². The largest absolute Gasteiger partial charge is 0.372 e. The number of amides is 4. The van der Waals surface area contributed by atoms with Crippen LogP contribution in [0.15, 0.2) is 24.3 Å². The van der Waals surface area contributed by atoms with Crippen LogP contribution >= 0.6 is 0 Å². The molecule has 28 heavy (non-hydrogen) atoms. The van der Waals surface area contributed by atoms with Crippen molar-refractivity contribution in [1.82, 2.24) is 10.2 Å². The molecule has 0 aromatic heterocycles. The monoisotopic (exact) mass is 384 g/mol. The molecular weight excluding hydrogens is 356 g/mol. The maximum absolute atomic E-state index is 12.8. The molecule has 1 aromatic rings. The SMILES string of the molecule is CC(C(=O)Nc1ccc(N2CCCCC2)cc1)N1C(=O)NC2(CCCC2)C1=O. The maximum atomic E-state index is 12.8. The lowest BCUT2D eigenvalue weighted by atomic mass is 9.97. The Balaban J connectivity index is 1.40. The van der Waals surface area contributed by atoms with Crippen LogP contribution < -0.4 is 15.5 Å². The minimum Gasteiger partial charge on any atom is -0.372 e. The molecule has 1 unspecified atom stereocenters. The Hall–Kier alpha value is -2.57. The number of piperidine rings is 1. The van der Waals surface area contributed by atoms with Gasteiger partial charge in [-0.3, -0.25) is 9.59 Å². The van der Waals surface area contributed by atoms with Gasteiger partial charge in [-0.05, 0) is 63.3 Å². The van der Waals surface area contributed by atoms with Crippen molar-refractivity contribution in [2.24, 2.45) is 0 Å². The number of carbonyl (C=O) groups is 3. The molecule has 2 N–H and O–H groups in total. The molecule has 1 atom stereocenters. The van der Waals surface area contributed by atoms with E-state index in [0.717, 1.165) is 36.5 Å². The Morgan fingerprint density at radius 3 is 2.32 bits per heavy atom. The first kappa shape index (κ1) is 18.8. The van der Waals surface area contributed by atoms with E-state index >= 15 is 0 Å². The fraction of sp³-hybridized carbons (Fsp3) is 0.571. The van der Waals surface area contributed by atoms with Gasteiger partial charge in [0, 0.05) is 24.5 Å². The lowest BCUT2D eigenvalue weighted by molar-refractivity contribution is -0.136. The van der Waals surface area contributed by atoms with E-state index in [0.29, 0.717) is 18.5 Å². The van der Waals surface area contributed by atoms with Crippen molar-refractivity contribution in [3.63, 3.8) is 0 Å². The van der Waals surface area contributed by atoms with Gasteiger partial charge in [-0.1, -0.05) is 12.8 Å². The zero-order valence-electron chi connectivity index (χ0n) is 16.4. The van der Waals surface area contributed by atoms with E-state index in [2.05, 4.69) is 15.5 Å². The number of carbonyl (C=O) groups excluding carboxylic acids is 3. The molecule has 1 aromatic carbocycles. The normalized spacial score (nSPS) is 22.5. The minimum atomic E-state index is -0.853. The van der Waals surface area contributed by atoms with E-state index in [1.165, 1.54) is 19.3 Å². The van der Waals surface area contributed by atoms with Crippen molar-refractivity contribution in [2.45, 2.75) is 63.5 Å². The number of rotatable bonds is 4. The van der Waals surface area contributed by atoms with E-state index in [-0.39, 0.29) is 11.8 Å². The Bertz CT molecular complexity index is 764. The highest BCUT2D eigenvalue weighted by atomic mass is 16.2. The zero-order valence-corrected chi connectivity index (χ0v) is 16.4. The molecule has 4 rings (SSSR count). The van der Waals surface area contributed by atoms with Gasteiger partial charge in [-0.25, -0.2) is 9.69 Å². The number of nitrogens with zero attached hydrogens (tertiary/aromatic N) is 2. The zero-order chi connectivity index (χ0) is 19.7. The minimum absolute atomic E-state index is 0.266. The summed E-state index contributed by atoms with van der Waals surface area (Å²) in [7, 11) is 0. The second-order valence-corrected chi connectivity index (χ2v) is 8.15. The predicted molar refractivity (Wildman–Crippen MR) is 107 cm³/mol. The first-order valence-corrected chi connectivity index (χ1v) is 10.3. The summed E-state index contributed by atoms with van der Waals surface area (Å²) in [5.41, 5.74) is 1.03. The molecule has 150 valence electrons. The average molecular weight is 384 g/mol. The van der Waals surface area contributed by atoms with Crippen molar-refractivity contribution < 1.29 is 14.4 Å². The maximum Gasteiger partial charge on any atom is 0.325 e. The molecular formula is C21H28N4O3. The summed E-state index contributed by atoms with van der Waals surface area (Å²) in [6.07, 6.45) is 6.85. The number of nitrogens with one attached hydrogen (secondary N) is 2. The standard InChI is InChI=1S/C21H28N4O3/c1-15(25-19(27)21(23-20(25)28)11-3-4-12-21)18(26)22-16-7-9-17(10-8-16)24-13-5-2-6-14-24/h7-10,15H,2-6,11-14H2,1H3,(H,22,26)(H,23,28). The summed E-state index contributed by atoms with van der Waals surface area (Å²) in [6.45, 7) is 3.73. The quantitative estimate of drug-likeness (QED) is 0.782. The van der Waals surface area contributed by atoms with Gasteiger partial charge < -0.3 is 15.5 Å². The van der Waals surface area contributed by atoms with Crippen LogP contribution in [0, 0.1) is 0 Å². The van der Waals surface area contributed by atoms with E-state index in [9.17, 15) is 14.4 Å². The van der Waals surface area contributed by atoms with Gasteiger partial charge in [-0.2, -0.15) is 0 Å². The molecule has 4 amide bonds. The van der Waals surface area contributed by atoms with Gasteiger partial charge in [0.1, 0.15) is 11.6 Å². The fourth-order valence-electron chi connectivity index (χ4n) is 4.58. The van der Waals surface area contributed by atoms with Gasteiger partial charge in [0.15, 0.2) is 0 Å². The first-order chi connectivity index (χ1) is 13.5. The third-order valence-corrected chi connectivity index (χ3v) is 6.27. The second-order valence-electron chi connectivity index (χ2n) is 8.15. The van der Waals surface area contributed by atoms with Gasteiger partial charge in [0.25, 0.3) is 5.91 Å². The Morgan fingerprint density at radius 1 is 1.04 bits per heavy atom. The number of benzene rings is 1. The summed E-state index contributed by atoms with van der Waals surface area (Å²) < 4.78 is 0. The average Bonchev–Trinajstić information content (AvgIpc) is 3.27. The van der Waals surface area contributed by atoms with E-state index < -0.39 is 17.6 Å². The van der Waals surface area contributed by atoms with E-state index in [1.54, 1.807) is 6.92 Å². The molecule has 3 aliphatic rings. The Labute approximate surface area is 165 Å². The number of hydrogen-bond acceptors (Lipinski definition) is 4.